The largest absolute Gasteiger partial charge is 0.334 e. The van der Waals surface area contributed by atoms with E-state index in [2.05, 4.69) is 251 Å². The third-order valence-corrected chi connectivity index (χ3v) is 15.6. The summed E-state index contributed by atoms with van der Waals surface area (Å²) in [7, 11) is 0. The van der Waals surface area contributed by atoms with Crippen LogP contribution in [0.4, 0.5) is 45.5 Å². The normalized spacial score (nSPS) is 15.7. The fourth-order valence-corrected chi connectivity index (χ4v) is 12.4. The summed E-state index contributed by atoms with van der Waals surface area (Å²) < 4.78 is 0. The van der Waals surface area contributed by atoms with Gasteiger partial charge in [-0.1, -0.05) is 176 Å². The Morgan fingerprint density at radius 2 is 0.843 bits per heavy atom. The van der Waals surface area contributed by atoms with E-state index in [1.54, 1.807) is 0 Å². The summed E-state index contributed by atoms with van der Waals surface area (Å²) in [5, 5.41) is 12.3. The van der Waals surface area contributed by atoms with Crippen molar-refractivity contribution in [2.75, 3.05) is 14.7 Å². The molecule has 11 aromatic rings. The summed E-state index contributed by atoms with van der Waals surface area (Å²) in [5.41, 5.74) is 16.3. The Labute approximate surface area is 408 Å². The molecular formula is C66H46BN3. The quantitative estimate of drug-likeness (QED) is 0.159. The monoisotopic (exact) mass is 891 g/mol. The number of allylic oxidation sites excluding steroid dienone is 4. The first-order valence-electron chi connectivity index (χ1n) is 24.8. The first kappa shape index (κ1) is 39.4. The lowest BCUT2D eigenvalue weighted by Gasteiger charge is -2.45. The van der Waals surface area contributed by atoms with E-state index in [4.69, 9.17) is 0 Å². The molecule has 0 radical (unpaired) electrons. The molecule has 1 atom stereocenters. The summed E-state index contributed by atoms with van der Waals surface area (Å²) in [4.78, 5) is 7.83. The fraction of sp³-hybridized carbons (Fsp3) is 0.0606. The number of hydrogen-bond donors (Lipinski definition) is 0. The van der Waals surface area contributed by atoms with E-state index in [9.17, 15) is 0 Å². The van der Waals surface area contributed by atoms with Gasteiger partial charge in [0.05, 0.1) is 6.04 Å². The van der Waals surface area contributed by atoms with Crippen molar-refractivity contribution in [2.45, 2.75) is 25.3 Å². The minimum Gasteiger partial charge on any atom is -0.334 e. The molecule has 0 saturated heterocycles. The lowest BCUT2D eigenvalue weighted by atomic mass is 9.33. The molecule has 4 heteroatoms. The van der Waals surface area contributed by atoms with E-state index in [0.29, 0.717) is 0 Å². The minimum atomic E-state index is -0.0459. The van der Waals surface area contributed by atoms with Gasteiger partial charge in [0.1, 0.15) is 0 Å². The van der Waals surface area contributed by atoms with Crippen LogP contribution in [-0.2, 0) is 0 Å². The van der Waals surface area contributed by atoms with E-state index in [1.807, 2.05) is 0 Å². The lowest BCUT2D eigenvalue weighted by Crippen LogP contribution is -2.61. The molecule has 0 bridgehead atoms. The van der Waals surface area contributed by atoms with Crippen LogP contribution in [0, 0.1) is 0 Å². The van der Waals surface area contributed by atoms with Crippen molar-refractivity contribution in [3.63, 3.8) is 0 Å². The second-order valence-electron chi connectivity index (χ2n) is 19.6. The Kier molecular flexibility index (Phi) is 8.71. The van der Waals surface area contributed by atoms with Crippen molar-refractivity contribution >= 4 is 122 Å². The maximum atomic E-state index is 2.64. The van der Waals surface area contributed by atoms with Crippen molar-refractivity contribution in [3.8, 4) is 0 Å². The van der Waals surface area contributed by atoms with Crippen LogP contribution in [0.1, 0.15) is 19.3 Å². The van der Waals surface area contributed by atoms with Crippen molar-refractivity contribution in [1.82, 2.24) is 0 Å². The van der Waals surface area contributed by atoms with Gasteiger partial charge in [-0.15, -0.1) is 0 Å². The van der Waals surface area contributed by atoms with Crippen LogP contribution in [0.5, 0.6) is 0 Å². The highest BCUT2D eigenvalue weighted by Gasteiger charge is 2.45. The molecule has 2 aliphatic heterocycles. The molecule has 0 N–H and O–H groups in total. The zero-order valence-electron chi connectivity index (χ0n) is 38.6. The third kappa shape index (κ3) is 6.16. The molecule has 11 aromatic carbocycles. The zero-order chi connectivity index (χ0) is 45.9. The maximum absolute atomic E-state index is 2.64. The lowest BCUT2D eigenvalue weighted by molar-refractivity contribution is 0.746. The molecule has 0 saturated carbocycles. The van der Waals surface area contributed by atoms with E-state index < -0.39 is 0 Å². The molecule has 0 amide bonds. The number of benzene rings is 11. The van der Waals surface area contributed by atoms with Crippen molar-refractivity contribution < 1.29 is 0 Å². The molecule has 3 nitrogen and oxygen atoms in total. The SMILES string of the molecule is C1=CC2=C(C=CC(N(c3cc4c5c(c3)N(c3ccc6ccccc6c3)c3cc6ccccc6cc3B5c3cc5ccccc5cc3N4c3ccc4ccccc4c3)c3ccc4ccccc4c3)C2)CC1. The second kappa shape index (κ2) is 15.5. The summed E-state index contributed by atoms with van der Waals surface area (Å²) in [6.45, 7) is -0.0459. The molecule has 15 rings (SSSR count). The number of rotatable bonds is 5. The predicted molar refractivity (Wildman–Crippen MR) is 300 cm³/mol. The third-order valence-electron chi connectivity index (χ3n) is 15.6. The highest BCUT2D eigenvalue weighted by Crippen LogP contribution is 2.49. The van der Waals surface area contributed by atoms with Gasteiger partial charge in [0.15, 0.2) is 0 Å². The summed E-state index contributed by atoms with van der Waals surface area (Å²) in [6.07, 6.45) is 12.8. The molecule has 2 aliphatic carbocycles. The topological polar surface area (TPSA) is 9.72 Å². The number of hydrogen-bond acceptors (Lipinski definition) is 3. The first-order chi connectivity index (χ1) is 34.7. The molecular weight excluding hydrogens is 846 g/mol. The van der Waals surface area contributed by atoms with Crippen LogP contribution in [-0.4, -0.2) is 12.8 Å². The van der Waals surface area contributed by atoms with Gasteiger partial charge in [-0.3, -0.25) is 0 Å². The molecule has 70 heavy (non-hydrogen) atoms. The summed E-state index contributed by atoms with van der Waals surface area (Å²) in [5.74, 6) is 0. The minimum absolute atomic E-state index is 0.0459. The van der Waals surface area contributed by atoms with E-state index in [0.717, 1.165) is 36.3 Å². The summed E-state index contributed by atoms with van der Waals surface area (Å²) in [6, 6.07) is 80.3. The van der Waals surface area contributed by atoms with Crippen LogP contribution in [0.3, 0.4) is 0 Å². The Bertz CT molecular complexity index is 3910. The average molecular weight is 892 g/mol. The highest BCUT2D eigenvalue weighted by atomic mass is 15.2. The van der Waals surface area contributed by atoms with Gasteiger partial charge >= 0.3 is 0 Å². The van der Waals surface area contributed by atoms with Gasteiger partial charge < -0.3 is 14.7 Å². The Morgan fingerprint density at radius 1 is 0.386 bits per heavy atom. The number of anilines is 8. The molecule has 0 aromatic heterocycles. The molecule has 0 spiro atoms. The Hall–Kier alpha value is -8.60. The van der Waals surface area contributed by atoms with Crippen LogP contribution in [0.25, 0.3) is 53.9 Å². The van der Waals surface area contributed by atoms with Gasteiger partial charge in [-0.05, 0) is 161 Å². The molecule has 2 heterocycles. The van der Waals surface area contributed by atoms with E-state index in [-0.39, 0.29) is 12.8 Å². The molecule has 0 fully saturated rings. The van der Waals surface area contributed by atoms with E-state index in [1.165, 1.54) is 110 Å². The van der Waals surface area contributed by atoms with Crippen molar-refractivity contribution in [3.05, 3.63) is 248 Å². The summed E-state index contributed by atoms with van der Waals surface area (Å²) >= 11 is 0. The number of fused-ring (bicyclic) bond motifs is 9. The predicted octanol–water partition coefficient (Wildman–Crippen LogP) is 15.6. The van der Waals surface area contributed by atoms with Gasteiger partial charge in [-0.25, -0.2) is 0 Å². The second-order valence-corrected chi connectivity index (χ2v) is 19.6. The smallest absolute Gasteiger partial charge is 0.252 e. The van der Waals surface area contributed by atoms with Gasteiger partial charge in [-0.2, -0.15) is 0 Å². The zero-order valence-corrected chi connectivity index (χ0v) is 38.6. The van der Waals surface area contributed by atoms with Gasteiger partial charge in [0.25, 0.3) is 6.71 Å². The van der Waals surface area contributed by atoms with Crippen molar-refractivity contribution in [1.29, 1.82) is 0 Å². The van der Waals surface area contributed by atoms with Crippen molar-refractivity contribution in [2.24, 2.45) is 0 Å². The average Bonchev–Trinajstić information content (AvgIpc) is 3.42. The van der Waals surface area contributed by atoms with Crippen LogP contribution in [0.15, 0.2) is 248 Å². The van der Waals surface area contributed by atoms with Crippen LogP contribution in [0.2, 0.25) is 0 Å². The molecule has 4 aliphatic rings. The highest BCUT2D eigenvalue weighted by molar-refractivity contribution is 7.00. The van der Waals surface area contributed by atoms with Gasteiger partial charge in [0, 0.05) is 45.5 Å². The van der Waals surface area contributed by atoms with E-state index >= 15 is 0 Å². The Morgan fingerprint density at radius 3 is 1.37 bits per heavy atom. The Balaban J connectivity index is 1.08. The molecule has 328 valence electrons. The van der Waals surface area contributed by atoms with Gasteiger partial charge in [0.2, 0.25) is 0 Å². The fourth-order valence-electron chi connectivity index (χ4n) is 12.4. The first-order valence-corrected chi connectivity index (χ1v) is 24.8. The molecule has 1 unspecified atom stereocenters. The van der Waals surface area contributed by atoms with Crippen LogP contribution >= 0.6 is 0 Å². The van der Waals surface area contributed by atoms with Crippen LogP contribution < -0.4 is 31.1 Å². The maximum Gasteiger partial charge on any atom is 0.252 e. The standard InChI is InChI=1S/C66H46BN3/c1-5-17-47-33-55(29-25-43(47)13-1)68(56-30-26-44-14-2-6-18-48(44)34-56)59-41-64-66-65(42-59)70(58-32-28-46-16-4-8-20-50(46)36-58)63-40-54-24-12-10-22-52(54)38-61(63)67(66)60-37-51-21-9-11-23-53(51)39-62(60)69(64)57-31-27-45-15-3-7-19-49(45)35-57/h1,3-13,15-33,35-42,56H,2,14,34H2. The number of nitrogens with zero attached hydrogens (tertiary/aromatic N) is 3.